The van der Waals surface area contributed by atoms with E-state index in [9.17, 15) is 18.0 Å². The van der Waals surface area contributed by atoms with Gasteiger partial charge >= 0.3 is 0 Å². The minimum absolute atomic E-state index is 0.0382. The first-order chi connectivity index (χ1) is 15.7. The maximum absolute atomic E-state index is 12.9. The molecule has 8 nitrogen and oxygen atoms in total. The molecule has 1 heterocycles. The average molecular weight is 474 g/mol. The molecule has 2 aromatic rings. The van der Waals surface area contributed by atoms with Gasteiger partial charge in [-0.05, 0) is 68.1 Å². The second-order valence-electron chi connectivity index (χ2n) is 8.22. The summed E-state index contributed by atoms with van der Waals surface area (Å²) >= 11 is 0. The summed E-state index contributed by atoms with van der Waals surface area (Å²) in [5.41, 5.74) is 1.67. The number of rotatable bonds is 9. The van der Waals surface area contributed by atoms with Crippen molar-refractivity contribution < 1.29 is 22.7 Å². The Balaban J connectivity index is 1.40. The third-order valence-corrected chi connectivity index (χ3v) is 7.35. The lowest BCUT2D eigenvalue weighted by molar-refractivity contribution is -0.122. The SMILES string of the molecule is CC(=O)Nc1ccc(S(=O)(=O)N2CCC(NC(=O)CCCOc3cccc(C)c3)CC2)cc1. The van der Waals surface area contributed by atoms with E-state index in [4.69, 9.17) is 4.74 Å². The molecular weight excluding hydrogens is 442 g/mol. The van der Waals surface area contributed by atoms with Gasteiger partial charge in [-0.3, -0.25) is 9.59 Å². The molecule has 0 radical (unpaired) electrons. The minimum Gasteiger partial charge on any atom is -0.494 e. The van der Waals surface area contributed by atoms with Crippen molar-refractivity contribution in [1.82, 2.24) is 9.62 Å². The number of aryl methyl sites for hydroxylation is 1. The van der Waals surface area contributed by atoms with Crippen molar-refractivity contribution in [1.29, 1.82) is 0 Å². The fraction of sp³-hybridized carbons (Fsp3) is 0.417. The van der Waals surface area contributed by atoms with Crippen LogP contribution in [0.2, 0.25) is 0 Å². The standard InChI is InChI=1S/C24H31N3O5S/c1-18-5-3-6-22(17-18)32-16-4-7-24(29)26-21-12-14-27(15-13-21)33(30,31)23-10-8-20(9-11-23)25-19(2)28/h3,5-6,8-11,17,21H,4,7,12-16H2,1-2H3,(H,25,28)(H,26,29). The van der Waals surface area contributed by atoms with Crippen molar-refractivity contribution in [2.75, 3.05) is 25.0 Å². The van der Waals surface area contributed by atoms with Gasteiger partial charge in [0.05, 0.1) is 11.5 Å². The van der Waals surface area contributed by atoms with E-state index in [0.717, 1.165) is 11.3 Å². The molecule has 1 aliphatic heterocycles. The molecule has 33 heavy (non-hydrogen) atoms. The van der Waals surface area contributed by atoms with Gasteiger partial charge < -0.3 is 15.4 Å². The molecule has 2 N–H and O–H groups in total. The maximum Gasteiger partial charge on any atom is 0.243 e. The van der Waals surface area contributed by atoms with Crippen LogP contribution in [0.1, 0.15) is 38.2 Å². The van der Waals surface area contributed by atoms with Gasteiger partial charge in [-0.2, -0.15) is 4.31 Å². The van der Waals surface area contributed by atoms with Crippen LogP contribution in [0.15, 0.2) is 53.4 Å². The largest absolute Gasteiger partial charge is 0.494 e. The first-order valence-electron chi connectivity index (χ1n) is 11.1. The first kappa shape index (κ1) is 24.7. The minimum atomic E-state index is -3.61. The predicted octanol–water partition coefficient (Wildman–Crippen LogP) is 3.08. The lowest BCUT2D eigenvalue weighted by Gasteiger charge is -2.31. The molecule has 0 unspecified atom stereocenters. The molecule has 1 fully saturated rings. The average Bonchev–Trinajstić information content (AvgIpc) is 2.77. The molecule has 0 atom stereocenters. The van der Waals surface area contributed by atoms with E-state index in [1.165, 1.54) is 23.4 Å². The molecule has 0 bridgehead atoms. The predicted molar refractivity (Wildman–Crippen MR) is 127 cm³/mol. The maximum atomic E-state index is 12.9. The fourth-order valence-electron chi connectivity index (χ4n) is 3.73. The number of hydrogen-bond donors (Lipinski definition) is 2. The van der Waals surface area contributed by atoms with Crippen LogP contribution in [0.4, 0.5) is 5.69 Å². The van der Waals surface area contributed by atoms with E-state index in [0.29, 0.717) is 51.1 Å². The zero-order chi connectivity index (χ0) is 23.8. The van der Waals surface area contributed by atoms with Crippen LogP contribution in [0.25, 0.3) is 0 Å². The van der Waals surface area contributed by atoms with E-state index < -0.39 is 10.0 Å². The van der Waals surface area contributed by atoms with E-state index in [1.54, 1.807) is 12.1 Å². The monoisotopic (exact) mass is 473 g/mol. The Hall–Kier alpha value is -2.91. The highest BCUT2D eigenvalue weighted by Crippen LogP contribution is 2.22. The van der Waals surface area contributed by atoms with E-state index in [1.807, 2.05) is 31.2 Å². The Labute approximate surface area is 195 Å². The number of ether oxygens (including phenoxy) is 1. The van der Waals surface area contributed by atoms with E-state index in [2.05, 4.69) is 10.6 Å². The number of carbonyl (C=O) groups is 2. The van der Waals surface area contributed by atoms with E-state index >= 15 is 0 Å². The van der Waals surface area contributed by atoms with Gasteiger partial charge in [0.25, 0.3) is 0 Å². The van der Waals surface area contributed by atoms with E-state index in [-0.39, 0.29) is 22.8 Å². The molecule has 2 aromatic carbocycles. The molecule has 1 saturated heterocycles. The van der Waals surface area contributed by atoms with Crippen LogP contribution < -0.4 is 15.4 Å². The number of carbonyl (C=O) groups excluding carboxylic acids is 2. The number of hydrogen-bond acceptors (Lipinski definition) is 5. The summed E-state index contributed by atoms with van der Waals surface area (Å²) in [6.45, 7) is 4.55. The van der Waals surface area contributed by atoms with Crippen molar-refractivity contribution in [3.05, 3.63) is 54.1 Å². The molecule has 1 aliphatic rings. The van der Waals surface area contributed by atoms with Crippen molar-refractivity contribution >= 4 is 27.5 Å². The smallest absolute Gasteiger partial charge is 0.243 e. The van der Waals surface area contributed by atoms with Gasteiger partial charge in [0.2, 0.25) is 21.8 Å². The molecule has 178 valence electrons. The van der Waals surface area contributed by atoms with Crippen LogP contribution >= 0.6 is 0 Å². The second kappa shape index (κ2) is 11.3. The lowest BCUT2D eigenvalue weighted by Crippen LogP contribution is -2.46. The topological polar surface area (TPSA) is 105 Å². The molecular formula is C24H31N3O5S. The van der Waals surface area contributed by atoms with Crippen LogP contribution in [0.3, 0.4) is 0 Å². The quantitative estimate of drug-likeness (QED) is 0.545. The number of amides is 2. The highest BCUT2D eigenvalue weighted by atomic mass is 32.2. The fourth-order valence-corrected chi connectivity index (χ4v) is 5.20. The number of piperidine rings is 1. The van der Waals surface area contributed by atoms with Gasteiger partial charge in [-0.25, -0.2) is 8.42 Å². The highest BCUT2D eigenvalue weighted by molar-refractivity contribution is 7.89. The van der Waals surface area contributed by atoms with Crippen LogP contribution in [0, 0.1) is 6.92 Å². The summed E-state index contributed by atoms with van der Waals surface area (Å²) in [6, 6.07) is 13.9. The van der Waals surface area contributed by atoms with Crippen molar-refractivity contribution in [3.8, 4) is 5.75 Å². The van der Waals surface area contributed by atoms with Crippen molar-refractivity contribution in [2.24, 2.45) is 0 Å². The summed E-state index contributed by atoms with van der Waals surface area (Å²) < 4.78 is 32.9. The number of anilines is 1. The summed E-state index contributed by atoms with van der Waals surface area (Å²) in [5, 5.41) is 5.63. The number of nitrogens with one attached hydrogen (secondary N) is 2. The summed E-state index contributed by atoms with van der Waals surface area (Å²) in [5.74, 6) is 0.542. The highest BCUT2D eigenvalue weighted by Gasteiger charge is 2.29. The Morgan fingerprint density at radius 2 is 1.79 bits per heavy atom. The van der Waals surface area contributed by atoms with Gasteiger partial charge in [-0.15, -0.1) is 0 Å². The Kier molecular flexibility index (Phi) is 8.46. The van der Waals surface area contributed by atoms with Gasteiger partial charge in [-0.1, -0.05) is 12.1 Å². The Bertz CT molecular complexity index is 1060. The molecule has 3 rings (SSSR count). The lowest BCUT2D eigenvalue weighted by atomic mass is 10.1. The second-order valence-corrected chi connectivity index (χ2v) is 10.2. The van der Waals surface area contributed by atoms with Gasteiger partial charge in [0.15, 0.2) is 0 Å². The van der Waals surface area contributed by atoms with Crippen LogP contribution in [-0.2, 0) is 19.6 Å². The van der Waals surface area contributed by atoms with Crippen molar-refractivity contribution in [3.63, 3.8) is 0 Å². The molecule has 2 amide bonds. The molecule has 0 aromatic heterocycles. The van der Waals surface area contributed by atoms with Crippen molar-refractivity contribution in [2.45, 2.75) is 50.5 Å². The van der Waals surface area contributed by atoms with Crippen LogP contribution in [0.5, 0.6) is 5.75 Å². The zero-order valence-electron chi connectivity index (χ0n) is 19.0. The molecule has 0 saturated carbocycles. The normalized spacial score (nSPS) is 15.1. The number of nitrogens with zero attached hydrogens (tertiary/aromatic N) is 1. The molecule has 0 spiro atoms. The van der Waals surface area contributed by atoms with Crippen LogP contribution in [-0.4, -0.2) is 50.3 Å². The molecule has 0 aliphatic carbocycles. The third kappa shape index (κ3) is 7.30. The zero-order valence-corrected chi connectivity index (χ0v) is 19.9. The first-order valence-corrected chi connectivity index (χ1v) is 12.5. The third-order valence-electron chi connectivity index (χ3n) is 5.44. The van der Waals surface area contributed by atoms with Gasteiger partial charge in [0, 0.05) is 38.2 Å². The number of sulfonamides is 1. The molecule has 9 heteroatoms. The Morgan fingerprint density at radius 1 is 1.09 bits per heavy atom. The number of benzene rings is 2. The summed E-state index contributed by atoms with van der Waals surface area (Å²) in [4.78, 5) is 23.6. The van der Waals surface area contributed by atoms with Gasteiger partial charge in [0.1, 0.15) is 5.75 Å². The Morgan fingerprint density at radius 3 is 2.42 bits per heavy atom. The summed E-state index contributed by atoms with van der Waals surface area (Å²) in [7, 11) is -3.61. The summed E-state index contributed by atoms with van der Waals surface area (Å²) in [6.07, 6.45) is 2.11.